The molecule has 0 aromatic heterocycles. The van der Waals surface area contributed by atoms with Gasteiger partial charge in [0, 0.05) is 32.2 Å². The average Bonchev–Trinajstić information content (AvgIpc) is 2.38. The van der Waals surface area contributed by atoms with Gasteiger partial charge in [0.05, 0.1) is 4.92 Å². The molecule has 0 saturated heterocycles. The summed E-state index contributed by atoms with van der Waals surface area (Å²) in [7, 11) is 0. The van der Waals surface area contributed by atoms with Gasteiger partial charge >= 0.3 is 5.97 Å². The van der Waals surface area contributed by atoms with E-state index in [4.69, 9.17) is 4.74 Å². The molecule has 1 heterocycles. The van der Waals surface area contributed by atoms with Gasteiger partial charge in [0.1, 0.15) is 11.4 Å². The van der Waals surface area contributed by atoms with E-state index in [1.807, 2.05) is 0 Å². The fourth-order valence-electron chi connectivity index (χ4n) is 2.04. The molecule has 100 valence electrons. The number of nitrogens with zero attached hydrogens (tertiary/aromatic N) is 2. The summed E-state index contributed by atoms with van der Waals surface area (Å²) in [5.41, 5.74) is 0.555. The van der Waals surface area contributed by atoms with Gasteiger partial charge in [-0.3, -0.25) is 14.9 Å². The summed E-state index contributed by atoms with van der Waals surface area (Å²) < 4.78 is 5.05. The molecule has 0 radical (unpaired) electrons. The Kier molecular flexibility index (Phi) is 3.79. The van der Waals surface area contributed by atoms with Crippen LogP contribution in [-0.4, -0.2) is 17.4 Å². The number of ether oxygens (including phenoxy) is 1. The van der Waals surface area contributed by atoms with Gasteiger partial charge in [0.15, 0.2) is 0 Å². The Morgan fingerprint density at radius 2 is 2.16 bits per heavy atom. The molecule has 19 heavy (non-hydrogen) atoms. The minimum atomic E-state index is -0.413. The summed E-state index contributed by atoms with van der Waals surface area (Å²) in [6.45, 7) is 2.00. The van der Waals surface area contributed by atoms with Crippen LogP contribution < -0.4 is 4.90 Å². The van der Waals surface area contributed by atoms with E-state index in [0.717, 1.165) is 6.42 Å². The summed E-state index contributed by atoms with van der Waals surface area (Å²) in [6, 6.07) is 6.52. The van der Waals surface area contributed by atoms with Crippen molar-refractivity contribution in [1.82, 2.24) is 0 Å². The zero-order valence-electron chi connectivity index (χ0n) is 10.5. The van der Waals surface area contributed by atoms with Crippen molar-refractivity contribution in [1.29, 1.82) is 0 Å². The number of nitro groups is 1. The van der Waals surface area contributed by atoms with E-state index in [9.17, 15) is 14.9 Å². The predicted molar refractivity (Wildman–Crippen MR) is 69.5 cm³/mol. The molecule has 0 bridgehead atoms. The molecule has 0 unspecified atom stereocenters. The van der Waals surface area contributed by atoms with Gasteiger partial charge in [0.25, 0.3) is 5.69 Å². The SMILES string of the molecule is CC(=O)OC1=CN(c2ccccc2[N+](=O)[O-])CCC1. The second-order valence-electron chi connectivity index (χ2n) is 4.23. The van der Waals surface area contributed by atoms with Crippen molar-refractivity contribution >= 4 is 17.3 Å². The number of benzene rings is 1. The highest BCUT2D eigenvalue weighted by molar-refractivity contribution is 5.68. The summed E-state index contributed by atoms with van der Waals surface area (Å²) in [5.74, 6) is 0.160. The first-order valence-corrected chi connectivity index (χ1v) is 5.97. The molecular weight excluding hydrogens is 248 g/mol. The first-order valence-electron chi connectivity index (χ1n) is 5.97. The molecule has 2 rings (SSSR count). The van der Waals surface area contributed by atoms with Crippen molar-refractivity contribution in [3.05, 3.63) is 46.3 Å². The van der Waals surface area contributed by atoms with Gasteiger partial charge in [-0.05, 0) is 12.5 Å². The molecule has 0 atom stereocenters. The number of nitro benzene ring substituents is 1. The number of para-hydroxylation sites is 2. The van der Waals surface area contributed by atoms with E-state index in [0.29, 0.717) is 24.4 Å². The quantitative estimate of drug-likeness (QED) is 0.475. The Morgan fingerprint density at radius 3 is 2.84 bits per heavy atom. The van der Waals surface area contributed by atoms with Crippen molar-refractivity contribution in [2.75, 3.05) is 11.4 Å². The lowest BCUT2D eigenvalue weighted by molar-refractivity contribution is -0.384. The van der Waals surface area contributed by atoms with E-state index in [2.05, 4.69) is 0 Å². The van der Waals surface area contributed by atoms with Crippen molar-refractivity contribution in [2.24, 2.45) is 0 Å². The van der Waals surface area contributed by atoms with Crippen molar-refractivity contribution in [3.8, 4) is 0 Å². The lowest BCUT2D eigenvalue weighted by Gasteiger charge is -2.25. The van der Waals surface area contributed by atoms with Crippen LogP contribution in [0.2, 0.25) is 0 Å². The normalized spacial score (nSPS) is 14.8. The number of allylic oxidation sites excluding steroid dienone is 1. The number of esters is 1. The monoisotopic (exact) mass is 262 g/mol. The third kappa shape index (κ3) is 3.09. The second kappa shape index (κ2) is 5.51. The lowest BCUT2D eigenvalue weighted by Crippen LogP contribution is -2.24. The summed E-state index contributed by atoms with van der Waals surface area (Å²) in [4.78, 5) is 23.3. The molecule has 0 fully saturated rings. The molecule has 6 heteroatoms. The molecule has 0 spiro atoms. The number of carbonyl (C=O) groups is 1. The Hall–Kier alpha value is -2.37. The highest BCUT2D eigenvalue weighted by atomic mass is 16.6. The third-order valence-corrected chi connectivity index (χ3v) is 2.78. The Balaban J connectivity index is 2.31. The zero-order valence-corrected chi connectivity index (χ0v) is 10.5. The van der Waals surface area contributed by atoms with Crippen LogP contribution in [0.3, 0.4) is 0 Å². The molecule has 1 aromatic carbocycles. The minimum absolute atomic E-state index is 0.0443. The predicted octanol–water partition coefficient (Wildman–Crippen LogP) is 2.60. The first kappa shape index (κ1) is 13.1. The maximum atomic E-state index is 11.0. The Labute approximate surface area is 110 Å². The smallest absolute Gasteiger partial charge is 0.307 e. The average molecular weight is 262 g/mol. The van der Waals surface area contributed by atoms with Crippen LogP contribution >= 0.6 is 0 Å². The first-order chi connectivity index (χ1) is 9.08. The van der Waals surface area contributed by atoms with Gasteiger partial charge in [-0.1, -0.05) is 12.1 Å². The van der Waals surface area contributed by atoms with Crippen molar-refractivity contribution in [3.63, 3.8) is 0 Å². The second-order valence-corrected chi connectivity index (χ2v) is 4.23. The van der Waals surface area contributed by atoms with Gasteiger partial charge in [-0.2, -0.15) is 0 Å². The molecule has 0 aliphatic carbocycles. The van der Waals surface area contributed by atoms with Crippen molar-refractivity contribution in [2.45, 2.75) is 19.8 Å². The Bertz CT molecular complexity index is 539. The zero-order chi connectivity index (χ0) is 13.8. The number of hydrogen-bond donors (Lipinski definition) is 0. The molecule has 0 N–H and O–H groups in total. The maximum Gasteiger partial charge on any atom is 0.307 e. The fourth-order valence-corrected chi connectivity index (χ4v) is 2.04. The summed E-state index contributed by atoms with van der Waals surface area (Å²) in [5, 5.41) is 11.0. The molecule has 1 aliphatic heterocycles. The summed E-state index contributed by atoms with van der Waals surface area (Å²) >= 11 is 0. The van der Waals surface area contributed by atoms with Gasteiger partial charge in [-0.15, -0.1) is 0 Å². The minimum Gasteiger partial charge on any atom is -0.430 e. The van der Waals surface area contributed by atoms with E-state index in [-0.39, 0.29) is 11.7 Å². The molecule has 6 nitrogen and oxygen atoms in total. The van der Waals surface area contributed by atoms with E-state index in [1.165, 1.54) is 13.0 Å². The van der Waals surface area contributed by atoms with E-state index < -0.39 is 4.92 Å². The number of hydrogen-bond acceptors (Lipinski definition) is 5. The number of anilines is 1. The maximum absolute atomic E-state index is 11.0. The van der Waals surface area contributed by atoms with Gasteiger partial charge < -0.3 is 9.64 Å². The molecule has 1 aromatic rings. The number of carbonyl (C=O) groups excluding carboxylic acids is 1. The molecular formula is C13H14N2O4. The highest BCUT2D eigenvalue weighted by Gasteiger charge is 2.21. The number of rotatable bonds is 3. The van der Waals surface area contributed by atoms with E-state index in [1.54, 1.807) is 29.3 Å². The van der Waals surface area contributed by atoms with Crippen molar-refractivity contribution < 1.29 is 14.5 Å². The topological polar surface area (TPSA) is 72.7 Å². The Morgan fingerprint density at radius 1 is 1.42 bits per heavy atom. The largest absolute Gasteiger partial charge is 0.430 e. The molecule has 1 aliphatic rings. The van der Waals surface area contributed by atoms with Crippen LogP contribution in [0.1, 0.15) is 19.8 Å². The summed E-state index contributed by atoms with van der Waals surface area (Å²) in [6.07, 6.45) is 3.11. The third-order valence-electron chi connectivity index (χ3n) is 2.78. The molecule has 0 amide bonds. The van der Waals surface area contributed by atoms with Crippen LogP contribution in [-0.2, 0) is 9.53 Å². The van der Waals surface area contributed by atoms with Gasteiger partial charge in [-0.25, -0.2) is 0 Å². The van der Waals surface area contributed by atoms with E-state index >= 15 is 0 Å². The standard InChI is InChI=1S/C13H14N2O4/c1-10(16)19-11-5-4-8-14(9-11)12-6-2-3-7-13(12)15(17)18/h2-3,6-7,9H,4-5,8H2,1H3. The van der Waals surface area contributed by atoms with Crippen LogP contribution in [0.15, 0.2) is 36.2 Å². The molecule has 0 saturated carbocycles. The van der Waals surface area contributed by atoms with Crippen LogP contribution in [0.4, 0.5) is 11.4 Å². The lowest BCUT2D eigenvalue weighted by atomic mass is 10.1. The van der Waals surface area contributed by atoms with Crippen LogP contribution in [0.25, 0.3) is 0 Å². The van der Waals surface area contributed by atoms with Gasteiger partial charge in [0.2, 0.25) is 0 Å². The fraction of sp³-hybridized carbons (Fsp3) is 0.308. The van der Waals surface area contributed by atoms with Crippen LogP contribution in [0, 0.1) is 10.1 Å². The highest BCUT2D eigenvalue weighted by Crippen LogP contribution is 2.30. The van der Waals surface area contributed by atoms with Crippen LogP contribution in [0.5, 0.6) is 0 Å².